The fourth-order valence-electron chi connectivity index (χ4n) is 2.61. The maximum Gasteiger partial charge on any atom is 0.191 e. The van der Waals surface area contributed by atoms with E-state index in [2.05, 4.69) is 32.5 Å². The predicted octanol–water partition coefficient (Wildman–Crippen LogP) is 4.61. The average Bonchev–Trinajstić information content (AvgIpc) is 3.04. The van der Waals surface area contributed by atoms with Crippen molar-refractivity contribution in [2.24, 2.45) is 4.99 Å². The van der Waals surface area contributed by atoms with Crippen LogP contribution in [0.5, 0.6) is 11.5 Å². The van der Waals surface area contributed by atoms with Gasteiger partial charge in [-0.15, -0.1) is 35.3 Å². The molecule has 0 unspecified atom stereocenters. The number of nitrogens with one attached hydrogen (secondary N) is 2. The molecule has 0 amide bonds. The Morgan fingerprint density at radius 1 is 1.23 bits per heavy atom. The van der Waals surface area contributed by atoms with Gasteiger partial charge in [0, 0.05) is 37.6 Å². The van der Waals surface area contributed by atoms with Crippen molar-refractivity contribution < 1.29 is 9.13 Å². The van der Waals surface area contributed by atoms with Gasteiger partial charge in [-0.2, -0.15) is 0 Å². The lowest BCUT2D eigenvalue weighted by Gasteiger charge is -2.12. The lowest BCUT2D eigenvalue weighted by molar-refractivity contribution is 0.440. The standard InChI is InChI=1S/C21H24FN5OS.HI/c1-14-15(2)29-20(27-14)8-10-25-21(23-3)26-12-16-6-7-19(18(22)11-16)28-17-5-4-9-24-13-17;/h4-7,9,11,13H,8,10,12H2,1-3H3,(H2,23,25,26);1H. The minimum Gasteiger partial charge on any atom is -0.453 e. The van der Waals surface area contributed by atoms with Crippen LogP contribution in [0.25, 0.3) is 0 Å². The maximum absolute atomic E-state index is 14.3. The van der Waals surface area contributed by atoms with Gasteiger partial charge >= 0.3 is 0 Å². The van der Waals surface area contributed by atoms with Gasteiger partial charge in [-0.05, 0) is 43.7 Å². The van der Waals surface area contributed by atoms with E-state index in [1.165, 1.54) is 10.9 Å². The highest BCUT2D eigenvalue weighted by atomic mass is 127. The Morgan fingerprint density at radius 2 is 2.07 bits per heavy atom. The smallest absolute Gasteiger partial charge is 0.191 e. The third-order valence-electron chi connectivity index (χ3n) is 4.25. The van der Waals surface area contributed by atoms with Gasteiger partial charge in [0.05, 0.1) is 16.9 Å². The first-order valence-electron chi connectivity index (χ1n) is 9.29. The summed E-state index contributed by atoms with van der Waals surface area (Å²) >= 11 is 1.72. The fraction of sp³-hybridized carbons (Fsp3) is 0.286. The number of pyridine rings is 1. The molecular formula is C21H25FIN5OS. The largest absolute Gasteiger partial charge is 0.453 e. The summed E-state index contributed by atoms with van der Waals surface area (Å²) in [6, 6.07) is 8.35. The molecule has 0 bridgehead atoms. The van der Waals surface area contributed by atoms with Crippen molar-refractivity contribution in [2.45, 2.75) is 26.8 Å². The molecule has 30 heavy (non-hydrogen) atoms. The Hall–Kier alpha value is -2.27. The van der Waals surface area contributed by atoms with Crippen molar-refractivity contribution in [1.82, 2.24) is 20.6 Å². The van der Waals surface area contributed by atoms with Crippen LogP contribution in [0.1, 0.15) is 21.1 Å². The molecule has 0 radical (unpaired) electrons. The lowest BCUT2D eigenvalue weighted by Crippen LogP contribution is -2.37. The van der Waals surface area contributed by atoms with Crippen LogP contribution in [0, 0.1) is 19.7 Å². The van der Waals surface area contributed by atoms with Crippen LogP contribution in [0.3, 0.4) is 0 Å². The number of ether oxygens (including phenoxy) is 1. The van der Waals surface area contributed by atoms with E-state index in [1.807, 2.05) is 13.0 Å². The lowest BCUT2D eigenvalue weighted by atomic mass is 10.2. The van der Waals surface area contributed by atoms with E-state index in [4.69, 9.17) is 4.74 Å². The SMILES string of the molecule is CN=C(NCCc1nc(C)c(C)s1)NCc1ccc(Oc2cccnc2)c(F)c1.I. The molecule has 0 spiro atoms. The Kier molecular flexibility index (Phi) is 9.44. The monoisotopic (exact) mass is 541 g/mol. The molecule has 3 rings (SSSR count). The molecule has 1 aromatic carbocycles. The zero-order valence-electron chi connectivity index (χ0n) is 17.1. The average molecular weight is 541 g/mol. The van der Waals surface area contributed by atoms with Gasteiger partial charge in [0.15, 0.2) is 17.5 Å². The molecule has 0 aliphatic carbocycles. The highest BCUT2D eigenvalue weighted by Gasteiger charge is 2.08. The molecule has 0 saturated heterocycles. The van der Waals surface area contributed by atoms with Crippen LogP contribution in [-0.4, -0.2) is 29.5 Å². The molecule has 2 aromatic heterocycles. The van der Waals surface area contributed by atoms with Crippen molar-refractivity contribution in [3.05, 3.63) is 69.7 Å². The molecule has 0 fully saturated rings. The van der Waals surface area contributed by atoms with Crippen LogP contribution in [0.15, 0.2) is 47.7 Å². The second kappa shape index (κ2) is 11.8. The molecule has 160 valence electrons. The molecule has 0 aliphatic heterocycles. The maximum atomic E-state index is 14.3. The number of hydrogen-bond acceptors (Lipinski definition) is 5. The number of halogens is 2. The summed E-state index contributed by atoms with van der Waals surface area (Å²) in [6.07, 6.45) is 4.01. The number of thiazole rings is 1. The normalized spacial score (nSPS) is 11.0. The van der Waals surface area contributed by atoms with Gasteiger partial charge in [-0.3, -0.25) is 9.98 Å². The number of aryl methyl sites for hydroxylation is 2. The van der Waals surface area contributed by atoms with E-state index >= 15 is 0 Å². The number of aliphatic imine (C=N–C) groups is 1. The Balaban J connectivity index is 0.00000320. The van der Waals surface area contributed by atoms with Gasteiger partial charge in [0.2, 0.25) is 0 Å². The van der Waals surface area contributed by atoms with Gasteiger partial charge < -0.3 is 15.4 Å². The number of guanidine groups is 1. The van der Waals surface area contributed by atoms with Crippen LogP contribution in [0.2, 0.25) is 0 Å². The molecule has 0 atom stereocenters. The molecule has 0 saturated carbocycles. The van der Waals surface area contributed by atoms with Gasteiger partial charge in [-0.25, -0.2) is 9.37 Å². The van der Waals surface area contributed by atoms with Gasteiger partial charge in [0.25, 0.3) is 0 Å². The van der Waals surface area contributed by atoms with Crippen molar-refractivity contribution in [3.63, 3.8) is 0 Å². The molecule has 2 N–H and O–H groups in total. The topological polar surface area (TPSA) is 71.4 Å². The fourth-order valence-corrected chi connectivity index (χ4v) is 3.55. The molecule has 2 heterocycles. The van der Waals surface area contributed by atoms with Gasteiger partial charge in [-0.1, -0.05) is 6.07 Å². The summed E-state index contributed by atoms with van der Waals surface area (Å²) in [5.41, 5.74) is 1.88. The van der Waals surface area contributed by atoms with E-state index in [0.717, 1.165) is 29.2 Å². The summed E-state index contributed by atoms with van der Waals surface area (Å²) in [6.45, 7) is 5.27. The summed E-state index contributed by atoms with van der Waals surface area (Å²) in [5.74, 6) is 0.891. The molecular weight excluding hydrogens is 516 g/mol. The number of nitrogens with zero attached hydrogens (tertiary/aromatic N) is 3. The molecule has 6 nitrogen and oxygen atoms in total. The van der Waals surface area contributed by atoms with Crippen molar-refractivity contribution >= 4 is 41.3 Å². The minimum absolute atomic E-state index is 0. The van der Waals surface area contributed by atoms with Crippen LogP contribution in [0.4, 0.5) is 4.39 Å². The highest BCUT2D eigenvalue weighted by molar-refractivity contribution is 14.0. The van der Waals surface area contributed by atoms with Crippen LogP contribution in [-0.2, 0) is 13.0 Å². The second-order valence-corrected chi connectivity index (χ2v) is 7.70. The molecule has 3 aromatic rings. The van der Waals surface area contributed by atoms with Crippen LogP contribution < -0.4 is 15.4 Å². The summed E-state index contributed by atoms with van der Waals surface area (Å²) in [5, 5.41) is 7.55. The summed E-state index contributed by atoms with van der Waals surface area (Å²) in [7, 11) is 1.71. The van der Waals surface area contributed by atoms with Crippen LogP contribution >= 0.6 is 35.3 Å². The Labute approximate surface area is 197 Å². The first-order valence-corrected chi connectivity index (χ1v) is 10.1. The third kappa shape index (κ3) is 6.91. The second-order valence-electron chi connectivity index (χ2n) is 6.41. The number of hydrogen-bond donors (Lipinski definition) is 2. The van der Waals surface area contributed by atoms with E-state index in [-0.39, 0.29) is 29.7 Å². The third-order valence-corrected chi connectivity index (χ3v) is 5.38. The zero-order chi connectivity index (χ0) is 20.6. The Morgan fingerprint density at radius 3 is 2.70 bits per heavy atom. The Bertz CT molecular complexity index is 961. The molecule has 0 aliphatic rings. The van der Waals surface area contributed by atoms with E-state index < -0.39 is 5.82 Å². The first kappa shape index (κ1) is 24.0. The first-order chi connectivity index (χ1) is 14.0. The number of benzene rings is 1. The van der Waals surface area contributed by atoms with Crippen molar-refractivity contribution in [3.8, 4) is 11.5 Å². The van der Waals surface area contributed by atoms with Crippen molar-refractivity contribution in [2.75, 3.05) is 13.6 Å². The number of rotatable bonds is 7. The van der Waals surface area contributed by atoms with Crippen molar-refractivity contribution in [1.29, 1.82) is 0 Å². The minimum atomic E-state index is -0.425. The predicted molar refractivity (Wildman–Crippen MR) is 130 cm³/mol. The quantitative estimate of drug-likeness (QED) is 0.260. The van der Waals surface area contributed by atoms with E-state index in [0.29, 0.717) is 18.3 Å². The summed E-state index contributed by atoms with van der Waals surface area (Å²) in [4.78, 5) is 13.9. The highest BCUT2D eigenvalue weighted by Crippen LogP contribution is 2.24. The van der Waals surface area contributed by atoms with Gasteiger partial charge in [0.1, 0.15) is 5.75 Å². The van der Waals surface area contributed by atoms with E-state index in [1.54, 1.807) is 49.0 Å². The summed E-state index contributed by atoms with van der Waals surface area (Å²) < 4.78 is 19.9. The zero-order valence-corrected chi connectivity index (χ0v) is 20.3. The molecule has 9 heteroatoms. The van der Waals surface area contributed by atoms with E-state index in [9.17, 15) is 4.39 Å². The number of aromatic nitrogens is 2.